The van der Waals surface area contributed by atoms with Gasteiger partial charge in [-0.1, -0.05) is 39.3 Å². The number of hydrogen-bond acceptors (Lipinski definition) is 5. The van der Waals surface area contributed by atoms with Gasteiger partial charge >= 0.3 is 0 Å². The summed E-state index contributed by atoms with van der Waals surface area (Å²) in [6.45, 7) is 1.59. The van der Waals surface area contributed by atoms with Crippen molar-refractivity contribution in [3.63, 3.8) is 0 Å². The smallest absolute Gasteiger partial charge is 0.234 e. The topological polar surface area (TPSA) is 69.0 Å². The molecule has 1 aliphatic carbocycles. The molecule has 6 nitrogen and oxygen atoms in total. The van der Waals surface area contributed by atoms with Crippen molar-refractivity contribution in [2.75, 3.05) is 17.7 Å². The lowest BCUT2D eigenvalue weighted by atomic mass is 10.2. The number of nitrogens with zero attached hydrogens (tertiary/aromatic N) is 3. The number of hydrogen-bond donors (Lipinski definition) is 1. The molecule has 2 aromatic rings. The molecule has 27 heavy (non-hydrogen) atoms. The molecule has 4 rings (SSSR count). The van der Waals surface area contributed by atoms with Crippen molar-refractivity contribution in [3.8, 4) is 0 Å². The zero-order valence-electron chi connectivity index (χ0n) is 14.7. The number of rotatable bonds is 7. The van der Waals surface area contributed by atoms with Crippen LogP contribution in [0.2, 0.25) is 5.02 Å². The fraction of sp³-hybridized carbons (Fsp3) is 0.500. The lowest BCUT2D eigenvalue weighted by molar-refractivity contribution is -0.113. The molecule has 0 radical (unpaired) electrons. The Balaban J connectivity index is 1.40. The summed E-state index contributed by atoms with van der Waals surface area (Å²) in [6.07, 6.45) is 4.71. The third-order valence-electron chi connectivity index (χ3n) is 4.64. The van der Waals surface area contributed by atoms with E-state index in [4.69, 9.17) is 16.3 Å². The standard InChI is InChI=1S/C18H20BrClN4O2S/c19-12-5-6-15(14(20)8-12)21-16(25)10-27-18-23-22-17(11-3-4-11)24(18)9-13-2-1-7-26-13/h5-6,8,11,13H,1-4,7,9-10H2,(H,21,25). The van der Waals surface area contributed by atoms with E-state index in [-0.39, 0.29) is 17.8 Å². The monoisotopic (exact) mass is 470 g/mol. The third-order valence-corrected chi connectivity index (χ3v) is 6.41. The van der Waals surface area contributed by atoms with Crippen molar-refractivity contribution in [1.82, 2.24) is 14.8 Å². The van der Waals surface area contributed by atoms with E-state index < -0.39 is 0 Å². The average molecular weight is 472 g/mol. The van der Waals surface area contributed by atoms with Gasteiger partial charge in [-0.25, -0.2) is 0 Å². The number of carbonyl (C=O) groups is 1. The minimum absolute atomic E-state index is 0.121. The van der Waals surface area contributed by atoms with Crippen LogP contribution in [0.1, 0.15) is 37.4 Å². The fourth-order valence-electron chi connectivity index (χ4n) is 3.12. The molecule has 0 bridgehead atoms. The Morgan fingerprint density at radius 3 is 2.93 bits per heavy atom. The van der Waals surface area contributed by atoms with E-state index in [1.165, 1.54) is 11.8 Å². The van der Waals surface area contributed by atoms with Gasteiger partial charge in [0.1, 0.15) is 5.82 Å². The van der Waals surface area contributed by atoms with Crippen molar-refractivity contribution in [3.05, 3.63) is 33.5 Å². The van der Waals surface area contributed by atoms with Crippen LogP contribution in [-0.4, -0.2) is 39.1 Å². The summed E-state index contributed by atoms with van der Waals surface area (Å²) in [5.41, 5.74) is 0.602. The molecular formula is C18H20BrClN4O2S. The number of amides is 1. The number of ether oxygens (including phenoxy) is 1. The van der Waals surface area contributed by atoms with Gasteiger partial charge in [0, 0.05) is 17.0 Å². The van der Waals surface area contributed by atoms with Gasteiger partial charge in [-0.3, -0.25) is 4.79 Å². The first-order valence-corrected chi connectivity index (χ1v) is 11.2. The van der Waals surface area contributed by atoms with Crippen LogP contribution in [0.4, 0.5) is 5.69 Å². The first-order valence-electron chi connectivity index (χ1n) is 9.02. The summed E-state index contributed by atoms with van der Waals surface area (Å²) in [7, 11) is 0. The minimum atomic E-state index is -0.121. The quantitative estimate of drug-likeness (QED) is 0.603. The van der Waals surface area contributed by atoms with Crippen LogP contribution in [0.15, 0.2) is 27.8 Å². The minimum Gasteiger partial charge on any atom is -0.376 e. The first-order chi connectivity index (χ1) is 13.1. The van der Waals surface area contributed by atoms with Gasteiger partial charge in [-0.2, -0.15) is 0 Å². The molecule has 0 spiro atoms. The molecule has 1 atom stereocenters. The second-order valence-electron chi connectivity index (χ2n) is 6.82. The largest absolute Gasteiger partial charge is 0.376 e. The summed E-state index contributed by atoms with van der Waals surface area (Å²) in [5.74, 6) is 1.66. The molecule has 1 aromatic carbocycles. The Morgan fingerprint density at radius 1 is 1.37 bits per heavy atom. The highest BCUT2D eigenvalue weighted by molar-refractivity contribution is 9.10. The molecule has 1 unspecified atom stereocenters. The summed E-state index contributed by atoms with van der Waals surface area (Å²) in [5, 5.41) is 12.8. The van der Waals surface area contributed by atoms with E-state index in [1.54, 1.807) is 12.1 Å². The molecule has 1 N–H and O–H groups in total. The van der Waals surface area contributed by atoms with Gasteiger partial charge in [-0.15, -0.1) is 10.2 Å². The molecular weight excluding hydrogens is 452 g/mol. The Hall–Kier alpha value is -1.09. The van der Waals surface area contributed by atoms with Gasteiger partial charge in [0.05, 0.1) is 29.1 Å². The number of nitrogens with one attached hydrogen (secondary N) is 1. The van der Waals surface area contributed by atoms with Crippen LogP contribution < -0.4 is 5.32 Å². The van der Waals surface area contributed by atoms with Gasteiger partial charge in [-0.05, 0) is 43.9 Å². The zero-order chi connectivity index (χ0) is 18.8. The van der Waals surface area contributed by atoms with Crippen LogP contribution in [0.3, 0.4) is 0 Å². The molecule has 1 saturated heterocycles. The van der Waals surface area contributed by atoms with E-state index in [1.807, 2.05) is 6.07 Å². The number of carbonyl (C=O) groups excluding carboxylic acids is 1. The lowest BCUT2D eigenvalue weighted by Crippen LogP contribution is -2.19. The van der Waals surface area contributed by atoms with Crippen LogP contribution in [0.5, 0.6) is 0 Å². The highest BCUT2D eigenvalue weighted by atomic mass is 79.9. The maximum Gasteiger partial charge on any atom is 0.234 e. The average Bonchev–Trinajstić information content (AvgIpc) is 3.20. The van der Waals surface area contributed by atoms with Gasteiger partial charge in [0.15, 0.2) is 5.16 Å². The maximum atomic E-state index is 12.3. The molecule has 2 fully saturated rings. The lowest BCUT2D eigenvalue weighted by Gasteiger charge is -2.14. The predicted molar refractivity (Wildman–Crippen MR) is 109 cm³/mol. The van der Waals surface area contributed by atoms with Crippen LogP contribution in [-0.2, 0) is 16.1 Å². The van der Waals surface area contributed by atoms with E-state index in [2.05, 4.69) is 36.0 Å². The number of anilines is 1. The van der Waals surface area contributed by atoms with Gasteiger partial charge in [0.25, 0.3) is 0 Å². The molecule has 9 heteroatoms. The molecule has 1 saturated carbocycles. The Kier molecular flexibility index (Phi) is 6.06. The number of aromatic nitrogens is 3. The molecule has 1 aromatic heterocycles. The summed E-state index contributed by atoms with van der Waals surface area (Å²) in [6, 6.07) is 5.37. The second kappa shape index (κ2) is 8.51. The van der Waals surface area contributed by atoms with Crippen molar-refractivity contribution < 1.29 is 9.53 Å². The number of benzene rings is 1. The predicted octanol–water partition coefficient (Wildman–Crippen LogP) is 4.48. The fourth-order valence-corrected chi connectivity index (χ4v) is 4.60. The third kappa shape index (κ3) is 4.85. The summed E-state index contributed by atoms with van der Waals surface area (Å²) >= 11 is 10.9. The van der Waals surface area contributed by atoms with E-state index in [0.717, 1.165) is 54.3 Å². The van der Waals surface area contributed by atoms with Crippen LogP contribution in [0.25, 0.3) is 0 Å². The van der Waals surface area contributed by atoms with Crippen molar-refractivity contribution in [2.24, 2.45) is 0 Å². The highest BCUT2D eigenvalue weighted by Crippen LogP contribution is 2.40. The number of halogens is 2. The molecule has 2 aliphatic rings. The summed E-state index contributed by atoms with van der Waals surface area (Å²) < 4.78 is 8.80. The molecule has 2 heterocycles. The van der Waals surface area contributed by atoms with E-state index >= 15 is 0 Å². The number of thioether (sulfide) groups is 1. The SMILES string of the molecule is O=C(CSc1nnc(C2CC2)n1CC1CCCO1)Nc1ccc(Br)cc1Cl. The second-order valence-corrected chi connectivity index (χ2v) is 9.09. The van der Waals surface area contributed by atoms with E-state index in [0.29, 0.717) is 16.6 Å². The van der Waals surface area contributed by atoms with Crippen molar-refractivity contribution >= 4 is 50.9 Å². The van der Waals surface area contributed by atoms with Crippen molar-refractivity contribution in [2.45, 2.75) is 49.4 Å². The van der Waals surface area contributed by atoms with Crippen LogP contribution >= 0.6 is 39.3 Å². The highest BCUT2D eigenvalue weighted by Gasteiger charge is 2.32. The molecule has 144 valence electrons. The Morgan fingerprint density at radius 2 is 2.22 bits per heavy atom. The Labute approximate surface area is 175 Å². The molecule has 1 amide bonds. The van der Waals surface area contributed by atoms with Crippen LogP contribution in [0, 0.1) is 0 Å². The summed E-state index contributed by atoms with van der Waals surface area (Å²) in [4.78, 5) is 12.3. The molecule has 1 aliphatic heterocycles. The maximum absolute atomic E-state index is 12.3. The normalized spacial score (nSPS) is 19.4. The first kappa shape index (κ1) is 19.2. The zero-order valence-corrected chi connectivity index (χ0v) is 17.8. The van der Waals surface area contributed by atoms with E-state index in [9.17, 15) is 4.79 Å². The van der Waals surface area contributed by atoms with Gasteiger partial charge in [0.2, 0.25) is 5.91 Å². The van der Waals surface area contributed by atoms with Crippen molar-refractivity contribution in [1.29, 1.82) is 0 Å². The van der Waals surface area contributed by atoms with Gasteiger partial charge < -0.3 is 14.6 Å². The Bertz CT molecular complexity index is 837.